The molecule has 0 aliphatic carbocycles. The Bertz CT molecular complexity index is 914. The Kier molecular flexibility index (Phi) is 5.71. The molecule has 0 unspecified atom stereocenters. The largest absolute Gasteiger partial charge is 0.382 e. The monoisotopic (exact) mass is 367 g/mol. The van der Waals surface area contributed by atoms with Gasteiger partial charge in [-0.1, -0.05) is 18.2 Å². The van der Waals surface area contributed by atoms with Gasteiger partial charge < -0.3 is 10.1 Å². The zero-order valence-electron chi connectivity index (χ0n) is 16.1. The second-order valence-electron chi connectivity index (χ2n) is 6.53. The lowest BCUT2D eigenvalue weighted by atomic mass is 10.1. The number of nitrogens with one attached hydrogen (secondary N) is 1. The van der Waals surface area contributed by atoms with Gasteiger partial charge in [-0.3, -0.25) is 9.48 Å². The molecule has 0 aliphatic rings. The van der Waals surface area contributed by atoms with E-state index in [0.717, 1.165) is 28.3 Å². The van der Waals surface area contributed by atoms with E-state index in [4.69, 9.17) is 4.74 Å². The summed E-state index contributed by atoms with van der Waals surface area (Å²) in [5.41, 5.74) is 4.65. The summed E-state index contributed by atoms with van der Waals surface area (Å²) in [6.45, 7) is 4.30. The number of ether oxygens (including phenoxy) is 1. The van der Waals surface area contributed by atoms with Gasteiger partial charge in [-0.15, -0.1) is 0 Å². The third-order valence-corrected chi connectivity index (χ3v) is 4.66. The summed E-state index contributed by atoms with van der Waals surface area (Å²) in [5.74, 6) is -0.0722. The third kappa shape index (κ3) is 4.09. The van der Waals surface area contributed by atoms with Crippen LogP contribution in [-0.4, -0.2) is 39.2 Å². The van der Waals surface area contributed by atoms with Crippen molar-refractivity contribution in [2.24, 2.45) is 7.05 Å². The minimum atomic E-state index is -0.250. The van der Waals surface area contributed by atoms with Crippen LogP contribution in [0.25, 0.3) is 5.69 Å². The summed E-state index contributed by atoms with van der Waals surface area (Å²) in [5, 5.41) is 11.8. The van der Waals surface area contributed by atoms with Gasteiger partial charge in [0, 0.05) is 31.6 Å². The Balaban J connectivity index is 1.78. The normalized spacial score (nSPS) is 12.1. The molecule has 1 N–H and O–H groups in total. The van der Waals surface area contributed by atoms with E-state index in [9.17, 15) is 4.79 Å². The molecule has 2 aromatic heterocycles. The van der Waals surface area contributed by atoms with Gasteiger partial charge in [0.1, 0.15) is 0 Å². The Morgan fingerprint density at radius 3 is 2.59 bits per heavy atom. The van der Waals surface area contributed by atoms with Crippen molar-refractivity contribution in [1.29, 1.82) is 0 Å². The van der Waals surface area contributed by atoms with E-state index in [0.29, 0.717) is 6.61 Å². The van der Waals surface area contributed by atoms with Crippen molar-refractivity contribution in [2.45, 2.75) is 26.3 Å². The van der Waals surface area contributed by atoms with Crippen LogP contribution < -0.4 is 5.32 Å². The van der Waals surface area contributed by atoms with Crippen molar-refractivity contribution < 1.29 is 9.53 Å². The van der Waals surface area contributed by atoms with Crippen molar-refractivity contribution in [3.05, 3.63) is 65.2 Å². The zero-order chi connectivity index (χ0) is 19.4. The maximum absolute atomic E-state index is 12.7. The molecule has 0 fully saturated rings. The summed E-state index contributed by atoms with van der Waals surface area (Å²) in [6.07, 6.45) is 1.98. The van der Waals surface area contributed by atoms with Crippen LogP contribution in [0.4, 0.5) is 0 Å². The van der Waals surface area contributed by atoms with Gasteiger partial charge >= 0.3 is 0 Å². The SMILES string of the molecule is COC[C@H](NC(=O)Cc1c(C)nn(-c2ccccc2)c1C)c1ccnn1C. The van der Waals surface area contributed by atoms with Gasteiger partial charge in [0.15, 0.2) is 0 Å². The van der Waals surface area contributed by atoms with Gasteiger partial charge in [0.25, 0.3) is 0 Å². The second-order valence-corrected chi connectivity index (χ2v) is 6.53. The highest BCUT2D eigenvalue weighted by molar-refractivity contribution is 5.79. The molecule has 1 atom stereocenters. The van der Waals surface area contributed by atoms with E-state index >= 15 is 0 Å². The molecule has 142 valence electrons. The number of aryl methyl sites for hydroxylation is 2. The van der Waals surface area contributed by atoms with Crippen LogP contribution in [-0.2, 0) is 23.0 Å². The molecule has 3 rings (SSSR count). The number of amides is 1. The lowest BCUT2D eigenvalue weighted by Gasteiger charge is -2.18. The molecule has 7 heteroatoms. The summed E-state index contributed by atoms with van der Waals surface area (Å²) in [7, 11) is 3.47. The molecule has 0 saturated carbocycles. The predicted octanol–water partition coefficient (Wildman–Crippen LogP) is 2.27. The van der Waals surface area contributed by atoms with Crippen molar-refractivity contribution in [1.82, 2.24) is 24.9 Å². The Labute approximate surface area is 159 Å². The minimum Gasteiger partial charge on any atom is -0.382 e. The molecule has 0 radical (unpaired) electrons. The first-order valence-electron chi connectivity index (χ1n) is 8.88. The molecular formula is C20H25N5O2. The van der Waals surface area contributed by atoms with Gasteiger partial charge in [0.2, 0.25) is 5.91 Å². The molecule has 2 heterocycles. The highest BCUT2D eigenvalue weighted by atomic mass is 16.5. The number of carbonyl (C=O) groups excluding carboxylic acids is 1. The summed E-state index contributed by atoms with van der Waals surface area (Å²) >= 11 is 0. The molecule has 0 bridgehead atoms. The first kappa shape index (κ1) is 18.8. The van der Waals surface area contributed by atoms with E-state index in [-0.39, 0.29) is 18.4 Å². The molecule has 7 nitrogen and oxygen atoms in total. The van der Waals surface area contributed by atoms with Crippen LogP contribution in [0.5, 0.6) is 0 Å². The number of methoxy groups -OCH3 is 1. The fourth-order valence-electron chi connectivity index (χ4n) is 3.25. The van der Waals surface area contributed by atoms with E-state index in [2.05, 4.69) is 15.5 Å². The summed E-state index contributed by atoms with van der Waals surface area (Å²) in [4.78, 5) is 12.7. The first-order chi connectivity index (χ1) is 13.0. The van der Waals surface area contributed by atoms with Crippen LogP contribution in [0.3, 0.4) is 0 Å². The van der Waals surface area contributed by atoms with E-state index in [1.165, 1.54) is 0 Å². The van der Waals surface area contributed by atoms with Gasteiger partial charge in [0.05, 0.1) is 36.1 Å². The molecule has 0 aliphatic heterocycles. The lowest BCUT2D eigenvalue weighted by Crippen LogP contribution is -2.33. The number of rotatable bonds is 7. The number of carbonyl (C=O) groups is 1. The first-order valence-corrected chi connectivity index (χ1v) is 8.88. The fraction of sp³-hybridized carbons (Fsp3) is 0.350. The van der Waals surface area contributed by atoms with Crippen molar-refractivity contribution in [3.8, 4) is 5.69 Å². The quantitative estimate of drug-likeness (QED) is 0.695. The van der Waals surface area contributed by atoms with Crippen LogP contribution in [0, 0.1) is 13.8 Å². The number of aromatic nitrogens is 4. The molecule has 1 aromatic carbocycles. The predicted molar refractivity (Wildman–Crippen MR) is 103 cm³/mol. The fourth-order valence-corrected chi connectivity index (χ4v) is 3.25. The third-order valence-electron chi connectivity index (χ3n) is 4.66. The number of nitrogens with zero attached hydrogens (tertiary/aromatic N) is 4. The summed E-state index contributed by atoms with van der Waals surface area (Å²) in [6, 6.07) is 11.6. The van der Waals surface area contributed by atoms with Crippen LogP contribution in [0.2, 0.25) is 0 Å². The standard InChI is InChI=1S/C20H25N5O2/c1-14-17(15(2)25(23-14)16-8-6-5-7-9-16)12-20(26)22-18(13-27-4)19-10-11-21-24(19)3/h5-11,18H,12-13H2,1-4H3,(H,22,26)/t18-/m0/s1. The number of benzene rings is 1. The molecule has 0 saturated heterocycles. The van der Waals surface area contributed by atoms with Gasteiger partial charge in [-0.2, -0.15) is 10.2 Å². The van der Waals surface area contributed by atoms with Crippen LogP contribution in [0.1, 0.15) is 28.7 Å². The van der Waals surface area contributed by atoms with Crippen molar-refractivity contribution in [2.75, 3.05) is 13.7 Å². The smallest absolute Gasteiger partial charge is 0.225 e. The maximum atomic E-state index is 12.7. The molecular weight excluding hydrogens is 342 g/mol. The average molecular weight is 367 g/mol. The highest BCUT2D eigenvalue weighted by Gasteiger charge is 2.20. The van der Waals surface area contributed by atoms with Gasteiger partial charge in [-0.25, -0.2) is 4.68 Å². The van der Waals surface area contributed by atoms with E-state index < -0.39 is 0 Å². The number of hydrogen-bond acceptors (Lipinski definition) is 4. The maximum Gasteiger partial charge on any atom is 0.225 e. The topological polar surface area (TPSA) is 74.0 Å². The van der Waals surface area contributed by atoms with Crippen LogP contribution >= 0.6 is 0 Å². The average Bonchev–Trinajstić information content (AvgIpc) is 3.20. The second kappa shape index (κ2) is 8.18. The van der Waals surface area contributed by atoms with Gasteiger partial charge in [-0.05, 0) is 32.0 Å². The molecule has 1 amide bonds. The molecule has 0 spiro atoms. The van der Waals surface area contributed by atoms with E-state index in [1.54, 1.807) is 18.0 Å². The lowest BCUT2D eigenvalue weighted by molar-refractivity contribution is -0.121. The highest BCUT2D eigenvalue weighted by Crippen LogP contribution is 2.19. The molecule has 27 heavy (non-hydrogen) atoms. The Hall–Kier alpha value is -2.93. The number of hydrogen-bond donors (Lipinski definition) is 1. The minimum absolute atomic E-state index is 0.0722. The number of para-hydroxylation sites is 1. The van der Waals surface area contributed by atoms with Crippen LogP contribution in [0.15, 0.2) is 42.6 Å². The Morgan fingerprint density at radius 2 is 1.96 bits per heavy atom. The zero-order valence-corrected chi connectivity index (χ0v) is 16.1. The van der Waals surface area contributed by atoms with E-state index in [1.807, 2.05) is 62.0 Å². The Morgan fingerprint density at radius 1 is 1.22 bits per heavy atom. The summed E-state index contributed by atoms with van der Waals surface area (Å²) < 4.78 is 8.90. The molecule has 3 aromatic rings. The van der Waals surface area contributed by atoms with Crippen molar-refractivity contribution in [3.63, 3.8) is 0 Å². The van der Waals surface area contributed by atoms with Crippen molar-refractivity contribution >= 4 is 5.91 Å².